The molecule has 9 nitrogen and oxygen atoms in total. The first kappa shape index (κ1) is 23.4. The summed E-state index contributed by atoms with van der Waals surface area (Å²) >= 11 is 0. The Hall–Kier alpha value is -3.24. The monoisotopic (exact) mass is 437 g/mol. The minimum absolute atomic E-state index is 0.259. The maximum atomic E-state index is 12.4. The lowest BCUT2D eigenvalue weighted by atomic mass is 10.0. The molecule has 0 fully saturated rings. The second kappa shape index (κ2) is 11.4. The quantitative estimate of drug-likeness (QED) is 0.341. The Labute approximate surface area is 186 Å². The smallest absolute Gasteiger partial charge is 0.253 e. The molecular weight excluding hydrogens is 410 g/mol. The molecule has 4 N–H and O–H groups in total. The summed E-state index contributed by atoms with van der Waals surface area (Å²) in [5.41, 5.74) is 1.37. The molecule has 3 heterocycles. The van der Waals surface area contributed by atoms with Crippen LogP contribution in [0.25, 0.3) is 0 Å². The number of amides is 1. The third kappa shape index (κ3) is 6.38. The van der Waals surface area contributed by atoms with E-state index >= 15 is 0 Å². The van der Waals surface area contributed by atoms with Crippen molar-refractivity contribution >= 4 is 5.91 Å². The van der Waals surface area contributed by atoms with Crippen molar-refractivity contribution in [2.45, 2.75) is 25.2 Å². The van der Waals surface area contributed by atoms with Crippen molar-refractivity contribution in [2.24, 2.45) is 0 Å². The summed E-state index contributed by atoms with van der Waals surface area (Å²) in [5.74, 6) is -0.542. The summed E-state index contributed by atoms with van der Waals surface area (Å²) in [6, 6.07) is 14.9. The number of pyridine rings is 3. The molecule has 3 rings (SSSR count). The lowest BCUT2D eigenvalue weighted by Gasteiger charge is -2.28. The molecule has 168 valence electrons. The fourth-order valence-corrected chi connectivity index (χ4v) is 3.07. The Morgan fingerprint density at radius 3 is 1.72 bits per heavy atom. The van der Waals surface area contributed by atoms with Crippen LogP contribution in [-0.4, -0.2) is 66.4 Å². The molecule has 3 aromatic heterocycles. The van der Waals surface area contributed by atoms with Crippen molar-refractivity contribution in [3.63, 3.8) is 0 Å². The topological polar surface area (TPSA) is 132 Å². The number of aliphatic hydroxyl groups is 3. The summed E-state index contributed by atoms with van der Waals surface area (Å²) in [5, 5.41) is 30.6. The van der Waals surface area contributed by atoms with Crippen LogP contribution >= 0.6 is 0 Å². The first-order valence-electron chi connectivity index (χ1n) is 10.2. The Morgan fingerprint density at radius 1 is 0.781 bits per heavy atom. The van der Waals surface area contributed by atoms with E-state index in [1.807, 2.05) is 36.4 Å². The van der Waals surface area contributed by atoms with Gasteiger partial charge in [-0.05, 0) is 36.4 Å². The summed E-state index contributed by atoms with van der Waals surface area (Å²) in [7, 11) is 0. The highest BCUT2D eigenvalue weighted by atomic mass is 16.3. The third-order valence-electron chi connectivity index (χ3n) is 4.98. The number of hydrogen-bond donors (Lipinski definition) is 4. The molecule has 0 radical (unpaired) electrons. The van der Waals surface area contributed by atoms with Crippen molar-refractivity contribution in [1.82, 2.24) is 25.2 Å². The zero-order chi connectivity index (χ0) is 22.8. The first-order chi connectivity index (χ1) is 15.6. The largest absolute Gasteiger partial charge is 0.394 e. The van der Waals surface area contributed by atoms with E-state index in [-0.39, 0.29) is 5.56 Å². The van der Waals surface area contributed by atoms with Gasteiger partial charge in [0.25, 0.3) is 5.91 Å². The normalized spacial score (nSPS) is 11.5. The average Bonchev–Trinajstić information content (AvgIpc) is 2.84. The molecule has 0 unspecified atom stereocenters. The summed E-state index contributed by atoms with van der Waals surface area (Å²) < 4.78 is 0. The van der Waals surface area contributed by atoms with Gasteiger partial charge in [-0.3, -0.25) is 24.6 Å². The van der Waals surface area contributed by atoms with Gasteiger partial charge in [0.2, 0.25) is 0 Å². The Balaban J connectivity index is 1.71. The molecule has 0 aliphatic carbocycles. The predicted molar refractivity (Wildman–Crippen MR) is 117 cm³/mol. The highest BCUT2D eigenvalue weighted by molar-refractivity contribution is 5.94. The number of nitrogens with zero attached hydrogens (tertiary/aromatic N) is 4. The van der Waals surface area contributed by atoms with E-state index in [1.54, 1.807) is 24.5 Å². The standard InChI is InChI=1S/C23H27N5O4/c29-15-23(16-30,17-31)27-22(32)18-7-8-21(26-11-18)14-28(12-19-5-1-3-9-24-19)13-20-6-2-4-10-25-20/h1-11,29-31H,12-17H2,(H,27,32). The van der Waals surface area contributed by atoms with E-state index in [0.717, 1.165) is 17.1 Å². The van der Waals surface area contributed by atoms with Crippen LogP contribution in [0, 0.1) is 0 Å². The molecule has 9 heteroatoms. The van der Waals surface area contributed by atoms with Crippen LogP contribution in [-0.2, 0) is 19.6 Å². The van der Waals surface area contributed by atoms with Crippen LogP contribution in [0.3, 0.4) is 0 Å². The molecule has 3 aromatic rings. The number of aliphatic hydroxyl groups excluding tert-OH is 3. The van der Waals surface area contributed by atoms with Crippen LogP contribution in [0.5, 0.6) is 0 Å². The van der Waals surface area contributed by atoms with Gasteiger partial charge in [0.1, 0.15) is 5.54 Å². The van der Waals surface area contributed by atoms with Crippen LogP contribution in [0.15, 0.2) is 67.1 Å². The van der Waals surface area contributed by atoms with Gasteiger partial charge in [-0.25, -0.2) is 0 Å². The second-order valence-corrected chi connectivity index (χ2v) is 7.53. The van der Waals surface area contributed by atoms with Crippen molar-refractivity contribution in [3.8, 4) is 0 Å². The van der Waals surface area contributed by atoms with E-state index in [1.165, 1.54) is 6.20 Å². The Morgan fingerprint density at radius 2 is 1.31 bits per heavy atom. The lowest BCUT2D eigenvalue weighted by molar-refractivity contribution is 0.0375. The molecule has 0 aliphatic rings. The highest BCUT2D eigenvalue weighted by Crippen LogP contribution is 2.12. The fraction of sp³-hybridized carbons (Fsp3) is 0.304. The van der Waals surface area contributed by atoms with Gasteiger partial charge in [-0.15, -0.1) is 0 Å². The fourth-order valence-electron chi connectivity index (χ4n) is 3.07. The minimum atomic E-state index is -1.49. The highest BCUT2D eigenvalue weighted by Gasteiger charge is 2.30. The zero-order valence-electron chi connectivity index (χ0n) is 17.6. The van der Waals surface area contributed by atoms with Crippen LogP contribution < -0.4 is 5.32 Å². The van der Waals surface area contributed by atoms with Gasteiger partial charge in [0.05, 0.1) is 42.5 Å². The molecule has 0 spiro atoms. The third-order valence-corrected chi connectivity index (χ3v) is 4.98. The van der Waals surface area contributed by atoms with Gasteiger partial charge in [-0.1, -0.05) is 12.1 Å². The molecule has 0 aromatic carbocycles. The molecule has 0 saturated heterocycles. The second-order valence-electron chi connectivity index (χ2n) is 7.53. The number of carbonyl (C=O) groups excluding carboxylic acids is 1. The maximum Gasteiger partial charge on any atom is 0.253 e. The van der Waals surface area contributed by atoms with E-state index < -0.39 is 31.3 Å². The SMILES string of the molecule is O=C(NC(CO)(CO)CO)c1ccc(CN(Cc2ccccn2)Cc2ccccn2)nc1. The van der Waals surface area contributed by atoms with Gasteiger partial charge in [0, 0.05) is 38.2 Å². The minimum Gasteiger partial charge on any atom is -0.394 e. The molecule has 0 saturated carbocycles. The van der Waals surface area contributed by atoms with E-state index in [0.29, 0.717) is 19.6 Å². The molecular formula is C23H27N5O4. The number of nitrogens with one attached hydrogen (secondary N) is 1. The molecule has 1 amide bonds. The summed E-state index contributed by atoms with van der Waals surface area (Å²) in [4.78, 5) is 27.8. The molecule has 0 bridgehead atoms. The van der Waals surface area contributed by atoms with Gasteiger partial charge in [-0.2, -0.15) is 0 Å². The van der Waals surface area contributed by atoms with E-state index in [4.69, 9.17) is 0 Å². The van der Waals surface area contributed by atoms with Crippen LogP contribution in [0.2, 0.25) is 0 Å². The Bertz CT molecular complexity index is 917. The van der Waals surface area contributed by atoms with Crippen molar-refractivity contribution in [3.05, 3.63) is 89.8 Å². The Kier molecular flexibility index (Phi) is 8.34. The number of rotatable bonds is 11. The van der Waals surface area contributed by atoms with Crippen molar-refractivity contribution < 1.29 is 20.1 Å². The maximum absolute atomic E-state index is 12.4. The van der Waals surface area contributed by atoms with Gasteiger partial charge < -0.3 is 20.6 Å². The van der Waals surface area contributed by atoms with Crippen LogP contribution in [0.1, 0.15) is 27.4 Å². The molecule has 32 heavy (non-hydrogen) atoms. The van der Waals surface area contributed by atoms with E-state index in [2.05, 4.69) is 25.2 Å². The van der Waals surface area contributed by atoms with Crippen LogP contribution in [0.4, 0.5) is 0 Å². The number of aromatic nitrogens is 3. The number of hydrogen-bond acceptors (Lipinski definition) is 8. The predicted octanol–water partition coefficient (Wildman–Crippen LogP) is 0.519. The van der Waals surface area contributed by atoms with Gasteiger partial charge >= 0.3 is 0 Å². The van der Waals surface area contributed by atoms with E-state index in [9.17, 15) is 20.1 Å². The zero-order valence-corrected chi connectivity index (χ0v) is 17.6. The lowest BCUT2D eigenvalue weighted by Crippen LogP contribution is -2.57. The van der Waals surface area contributed by atoms with Gasteiger partial charge in [0.15, 0.2) is 0 Å². The molecule has 0 aliphatic heterocycles. The average molecular weight is 438 g/mol. The first-order valence-corrected chi connectivity index (χ1v) is 10.2. The summed E-state index contributed by atoms with van der Waals surface area (Å²) in [6.07, 6.45) is 4.94. The summed E-state index contributed by atoms with van der Waals surface area (Å²) in [6.45, 7) is -0.0443. The van der Waals surface area contributed by atoms with Crippen molar-refractivity contribution in [2.75, 3.05) is 19.8 Å². The van der Waals surface area contributed by atoms with Crippen molar-refractivity contribution in [1.29, 1.82) is 0 Å². The molecule has 0 atom stereocenters. The number of carbonyl (C=O) groups is 1.